The second-order valence-corrected chi connectivity index (χ2v) is 6.13. The van der Waals surface area contributed by atoms with Crippen LogP contribution in [-0.4, -0.2) is 31.2 Å². The van der Waals surface area contributed by atoms with Gasteiger partial charge in [0.15, 0.2) is 11.5 Å². The average molecular weight is 407 g/mol. The van der Waals surface area contributed by atoms with Crippen LogP contribution in [0.3, 0.4) is 0 Å². The third-order valence-corrected chi connectivity index (χ3v) is 4.51. The highest BCUT2D eigenvalue weighted by Gasteiger charge is 2.18. The van der Waals surface area contributed by atoms with E-state index < -0.39 is 10.5 Å². The number of nitro benzene ring substituents is 1. The van der Waals surface area contributed by atoms with Gasteiger partial charge < -0.3 is 19.2 Å². The van der Waals surface area contributed by atoms with Gasteiger partial charge in [0.1, 0.15) is 11.6 Å². The van der Waals surface area contributed by atoms with Crippen LogP contribution in [0.15, 0.2) is 47.3 Å². The molecule has 9 heteroatoms. The summed E-state index contributed by atoms with van der Waals surface area (Å²) in [5.74, 6) is 1.11. The molecule has 1 heterocycles. The van der Waals surface area contributed by atoms with Gasteiger partial charge in [-0.2, -0.15) is 5.26 Å². The highest BCUT2D eigenvalue weighted by molar-refractivity contribution is 5.78. The summed E-state index contributed by atoms with van der Waals surface area (Å²) in [5, 5.41) is 20.4. The Morgan fingerprint density at radius 1 is 0.967 bits per heavy atom. The molecule has 0 spiro atoms. The Kier molecular flexibility index (Phi) is 5.69. The number of nitrogens with zero attached hydrogens (tertiary/aromatic N) is 2. The van der Waals surface area contributed by atoms with Crippen molar-refractivity contribution in [1.29, 1.82) is 5.26 Å². The van der Waals surface area contributed by atoms with Crippen molar-refractivity contribution in [1.82, 2.24) is 4.98 Å². The molecule has 0 amide bonds. The number of aromatic nitrogens is 1. The van der Waals surface area contributed by atoms with E-state index in [1.165, 1.54) is 45.6 Å². The predicted octanol–water partition coefficient (Wildman–Crippen LogP) is 3.51. The molecule has 0 aliphatic heterocycles. The molecule has 0 aliphatic rings. The molecule has 0 bridgehead atoms. The van der Waals surface area contributed by atoms with Crippen molar-refractivity contribution in [2.75, 3.05) is 21.3 Å². The number of non-ortho nitro benzene ring substituents is 1. The fourth-order valence-electron chi connectivity index (χ4n) is 3.05. The first-order valence-corrected chi connectivity index (χ1v) is 8.66. The van der Waals surface area contributed by atoms with Crippen LogP contribution in [0, 0.1) is 21.4 Å². The third-order valence-electron chi connectivity index (χ3n) is 4.51. The fraction of sp³-hybridized carbons (Fsp3) is 0.143. The number of nitriles is 1. The standard InChI is InChI=1S/C21H17N3O6/c1-28-18-8-13(9-19(29-2)20(18)30-3)15-10-17(23-21(25)16(15)11-22)12-4-6-14(7-5-12)24(26)27/h4-10H,1-3H3,(H,23,25). The largest absolute Gasteiger partial charge is 0.493 e. The molecule has 0 saturated carbocycles. The molecule has 3 aromatic rings. The number of benzene rings is 2. The number of hydrogen-bond acceptors (Lipinski definition) is 7. The molecule has 0 atom stereocenters. The van der Waals surface area contributed by atoms with Crippen molar-refractivity contribution < 1.29 is 19.1 Å². The number of H-pyrrole nitrogens is 1. The lowest BCUT2D eigenvalue weighted by molar-refractivity contribution is -0.384. The molecule has 2 aromatic carbocycles. The van der Waals surface area contributed by atoms with Gasteiger partial charge in [-0.3, -0.25) is 14.9 Å². The van der Waals surface area contributed by atoms with E-state index in [2.05, 4.69) is 4.98 Å². The molecule has 1 aromatic heterocycles. The summed E-state index contributed by atoms with van der Waals surface area (Å²) in [6, 6.07) is 12.5. The highest BCUT2D eigenvalue weighted by atomic mass is 16.6. The molecule has 1 N–H and O–H groups in total. The molecule has 3 rings (SSSR count). The van der Waals surface area contributed by atoms with Gasteiger partial charge >= 0.3 is 0 Å². The van der Waals surface area contributed by atoms with Crippen LogP contribution in [0.1, 0.15) is 5.56 Å². The van der Waals surface area contributed by atoms with E-state index in [0.717, 1.165) is 0 Å². The number of methoxy groups -OCH3 is 3. The Bertz CT molecular complexity index is 1180. The Balaban J connectivity index is 2.24. The topological polar surface area (TPSA) is 127 Å². The van der Waals surface area contributed by atoms with Crippen molar-refractivity contribution in [3.05, 3.63) is 68.5 Å². The Morgan fingerprint density at radius 2 is 1.57 bits per heavy atom. The van der Waals surface area contributed by atoms with Gasteiger partial charge in [0.2, 0.25) is 5.75 Å². The van der Waals surface area contributed by atoms with Gasteiger partial charge in [-0.15, -0.1) is 0 Å². The van der Waals surface area contributed by atoms with E-state index in [1.54, 1.807) is 18.2 Å². The highest BCUT2D eigenvalue weighted by Crippen LogP contribution is 2.42. The van der Waals surface area contributed by atoms with Gasteiger partial charge in [0.25, 0.3) is 11.2 Å². The summed E-state index contributed by atoms with van der Waals surface area (Å²) >= 11 is 0. The molecule has 0 unspecified atom stereocenters. The number of nitrogens with one attached hydrogen (secondary N) is 1. The molecule has 30 heavy (non-hydrogen) atoms. The lowest BCUT2D eigenvalue weighted by atomic mass is 9.98. The van der Waals surface area contributed by atoms with Crippen LogP contribution in [0.5, 0.6) is 17.2 Å². The Morgan fingerprint density at radius 3 is 2.03 bits per heavy atom. The van der Waals surface area contributed by atoms with E-state index in [0.29, 0.717) is 39.6 Å². The van der Waals surface area contributed by atoms with E-state index in [9.17, 15) is 20.2 Å². The Labute approximate surface area is 171 Å². The zero-order chi connectivity index (χ0) is 21.8. The van der Waals surface area contributed by atoms with E-state index in [1.807, 2.05) is 6.07 Å². The molecular formula is C21H17N3O6. The second kappa shape index (κ2) is 8.36. The molecule has 9 nitrogen and oxygen atoms in total. The summed E-state index contributed by atoms with van der Waals surface area (Å²) in [4.78, 5) is 25.6. The quantitative estimate of drug-likeness (QED) is 0.489. The number of hydrogen-bond donors (Lipinski definition) is 1. The fourth-order valence-corrected chi connectivity index (χ4v) is 3.05. The van der Waals surface area contributed by atoms with Crippen molar-refractivity contribution >= 4 is 5.69 Å². The Hall–Kier alpha value is -4.32. The first-order valence-electron chi connectivity index (χ1n) is 8.66. The van der Waals surface area contributed by atoms with Crippen molar-refractivity contribution in [2.45, 2.75) is 0 Å². The van der Waals surface area contributed by atoms with Crippen molar-refractivity contribution in [3.63, 3.8) is 0 Å². The molecule has 0 saturated heterocycles. The molecular weight excluding hydrogens is 390 g/mol. The molecule has 152 valence electrons. The molecule has 0 radical (unpaired) electrons. The minimum Gasteiger partial charge on any atom is -0.493 e. The number of pyridine rings is 1. The van der Waals surface area contributed by atoms with Crippen LogP contribution in [0.25, 0.3) is 22.4 Å². The van der Waals surface area contributed by atoms with Gasteiger partial charge in [-0.05, 0) is 41.5 Å². The molecule has 0 fully saturated rings. The first-order chi connectivity index (χ1) is 14.4. The van der Waals surface area contributed by atoms with Crippen LogP contribution in [-0.2, 0) is 0 Å². The lowest BCUT2D eigenvalue weighted by Gasteiger charge is -2.15. The molecule has 0 aliphatic carbocycles. The summed E-state index contributed by atoms with van der Waals surface area (Å²) in [6.45, 7) is 0. The average Bonchev–Trinajstić information content (AvgIpc) is 2.77. The van der Waals surface area contributed by atoms with Crippen LogP contribution in [0.4, 0.5) is 5.69 Å². The maximum atomic E-state index is 12.6. The number of aromatic amines is 1. The zero-order valence-corrected chi connectivity index (χ0v) is 16.4. The lowest BCUT2D eigenvalue weighted by Crippen LogP contribution is -2.12. The van der Waals surface area contributed by atoms with Crippen molar-refractivity contribution in [2.24, 2.45) is 0 Å². The van der Waals surface area contributed by atoms with Crippen LogP contribution >= 0.6 is 0 Å². The predicted molar refractivity (Wildman–Crippen MR) is 109 cm³/mol. The summed E-state index contributed by atoms with van der Waals surface area (Å²) < 4.78 is 16.0. The minimum absolute atomic E-state index is 0.0698. The first kappa shape index (κ1) is 20.4. The minimum atomic E-state index is -0.586. The smallest absolute Gasteiger partial charge is 0.269 e. The van der Waals surface area contributed by atoms with Crippen LogP contribution < -0.4 is 19.8 Å². The number of nitro groups is 1. The maximum absolute atomic E-state index is 12.6. The number of ether oxygens (including phenoxy) is 3. The van der Waals surface area contributed by atoms with Crippen molar-refractivity contribution in [3.8, 4) is 45.7 Å². The monoisotopic (exact) mass is 407 g/mol. The third kappa shape index (κ3) is 3.66. The number of rotatable bonds is 6. The van der Waals surface area contributed by atoms with E-state index >= 15 is 0 Å². The van der Waals surface area contributed by atoms with Crippen LogP contribution in [0.2, 0.25) is 0 Å². The zero-order valence-electron chi connectivity index (χ0n) is 16.4. The maximum Gasteiger partial charge on any atom is 0.269 e. The van der Waals surface area contributed by atoms with E-state index in [-0.39, 0.29) is 11.3 Å². The van der Waals surface area contributed by atoms with Gasteiger partial charge in [-0.1, -0.05) is 0 Å². The summed E-state index contributed by atoms with van der Waals surface area (Å²) in [7, 11) is 4.40. The summed E-state index contributed by atoms with van der Waals surface area (Å²) in [5.41, 5.74) is 1.07. The second-order valence-electron chi connectivity index (χ2n) is 6.13. The van der Waals surface area contributed by atoms with E-state index in [4.69, 9.17) is 14.2 Å². The van der Waals surface area contributed by atoms with Gasteiger partial charge in [0.05, 0.1) is 26.3 Å². The summed E-state index contributed by atoms with van der Waals surface area (Å²) in [6.07, 6.45) is 0. The van der Waals surface area contributed by atoms with Gasteiger partial charge in [-0.25, -0.2) is 0 Å². The SMILES string of the molecule is COc1cc(-c2cc(-c3ccc([N+](=O)[O-])cc3)[nH]c(=O)c2C#N)cc(OC)c1OC. The van der Waals surface area contributed by atoms with Gasteiger partial charge in [0, 0.05) is 23.4 Å². The normalized spacial score (nSPS) is 10.2.